The Bertz CT molecular complexity index is 464. The molecule has 1 aromatic rings. The summed E-state index contributed by atoms with van der Waals surface area (Å²) < 4.78 is 13.1. The quantitative estimate of drug-likeness (QED) is 0.924. The number of carbonyl (C=O) groups is 1. The van der Waals surface area contributed by atoms with E-state index in [-0.39, 0.29) is 17.8 Å². The van der Waals surface area contributed by atoms with Crippen molar-refractivity contribution in [1.82, 2.24) is 10.2 Å². The lowest BCUT2D eigenvalue weighted by atomic mass is 9.93. The Hall–Kier alpha value is -1.42. The van der Waals surface area contributed by atoms with Crippen LogP contribution in [-0.4, -0.2) is 29.9 Å². The lowest BCUT2D eigenvalue weighted by Crippen LogP contribution is -2.45. The molecule has 0 spiro atoms. The monoisotopic (exact) mass is 292 g/mol. The molecule has 1 heterocycles. The van der Waals surface area contributed by atoms with Crippen LogP contribution in [0.5, 0.6) is 0 Å². The first-order chi connectivity index (χ1) is 9.97. The molecule has 3 nitrogen and oxygen atoms in total. The van der Waals surface area contributed by atoms with Gasteiger partial charge in [0.05, 0.1) is 0 Å². The van der Waals surface area contributed by atoms with E-state index in [0.29, 0.717) is 12.0 Å². The molecule has 1 atom stereocenters. The highest BCUT2D eigenvalue weighted by atomic mass is 19.1. The second-order valence-electron chi connectivity index (χ2n) is 6.22. The summed E-state index contributed by atoms with van der Waals surface area (Å²) in [6.07, 6.45) is 1.95. The van der Waals surface area contributed by atoms with Gasteiger partial charge >= 0.3 is 0 Å². The normalized spacial score (nSPS) is 18.0. The summed E-state index contributed by atoms with van der Waals surface area (Å²) in [6.45, 7) is 7.61. The average Bonchev–Trinajstić information content (AvgIpc) is 2.46. The third kappa shape index (κ3) is 4.27. The summed E-state index contributed by atoms with van der Waals surface area (Å²) in [7, 11) is 0. The number of piperidine rings is 1. The van der Waals surface area contributed by atoms with Crippen molar-refractivity contribution < 1.29 is 9.18 Å². The fourth-order valence-electron chi connectivity index (χ4n) is 2.96. The number of halogens is 1. The number of amides is 1. The number of likely N-dealkylation sites (tertiary alicyclic amines) is 1. The zero-order valence-corrected chi connectivity index (χ0v) is 13.1. The van der Waals surface area contributed by atoms with Crippen LogP contribution in [0.25, 0.3) is 0 Å². The molecule has 1 unspecified atom stereocenters. The Balaban J connectivity index is 1.98. The van der Waals surface area contributed by atoms with Crippen LogP contribution in [0, 0.1) is 11.7 Å². The van der Waals surface area contributed by atoms with Gasteiger partial charge in [-0.1, -0.05) is 26.0 Å². The lowest BCUT2D eigenvalue weighted by Gasteiger charge is -2.35. The minimum Gasteiger partial charge on any atom is -0.343 e. The van der Waals surface area contributed by atoms with Gasteiger partial charge in [0.25, 0.3) is 0 Å². The molecular formula is C17H25FN2O. The molecule has 4 heteroatoms. The van der Waals surface area contributed by atoms with E-state index in [1.807, 2.05) is 17.0 Å². The van der Waals surface area contributed by atoms with Crippen molar-refractivity contribution in [2.75, 3.05) is 13.1 Å². The Morgan fingerprint density at radius 2 is 1.81 bits per heavy atom. The second kappa shape index (κ2) is 7.03. The topological polar surface area (TPSA) is 32.3 Å². The van der Waals surface area contributed by atoms with E-state index in [1.54, 1.807) is 6.92 Å². The average molecular weight is 292 g/mol. The highest BCUT2D eigenvalue weighted by Gasteiger charge is 2.24. The van der Waals surface area contributed by atoms with E-state index in [2.05, 4.69) is 19.2 Å². The summed E-state index contributed by atoms with van der Waals surface area (Å²) in [5, 5.41) is 3.69. The number of hydrogen-bond donors (Lipinski definition) is 1. The van der Waals surface area contributed by atoms with E-state index in [1.165, 1.54) is 12.1 Å². The van der Waals surface area contributed by atoms with E-state index < -0.39 is 0 Å². The zero-order valence-electron chi connectivity index (χ0n) is 13.1. The molecule has 0 radical (unpaired) electrons. The third-order valence-electron chi connectivity index (χ3n) is 4.25. The summed E-state index contributed by atoms with van der Waals surface area (Å²) in [5.41, 5.74) is 1.13. The second-order valence-corrected chi connectivity index (χ2v) is 6.22. The maximum atomic E-state index is 13.1. The highest BCUT2D eigenvalue weighted by molar-refractivity contribution is 5.73. The number of benzene rings is 1. The fourth-order valence-corrected chi connectivity index (χ4v) is 2.96. The minimum atomic E-state index is -0.198. The first kappa shape index (κ1) is 16.0. The molecule has 21 heavy (non-hydrogen) atoms. The van der Waals surface area contributed by atoms with Gasteiger partial charge in [-0.25, -0.2) is 4.39 Å². The van der Waals surface area contributed by atoms with Crippen molar-refractivity contribution in [1.29, 1.82) is 0 Å². The van der Waals surface area contributed by atoms with Gasteiger partial charge in [0.15, 0.2) is 0 Å². The first-order valence-electron chi connectivity index (χ1n) is 7.74. The SMILES string of the molecule is CC(=O)N1CCC(NC(c2ccc(F)cc2)C(C)C)CC1. The summed E-state index contributed by atoms with van der Waals surface area (Å²) in [6, 6.07) is 7.39. The first-order valence-corrected chi connectivity index (χ1v) is 7.74. The van der Waals surface area contributed by atoms with Gasteiger partial charge in [-0.2, -0.15) is 0 Å². The predicted octanol–water partition coefficient (Wildman–Crippen LogP) is 3.12. The van der Waals surface area contributed by atoms with Crippen LogP contribution in [0.1, 0.15) is 45.2 Å². The fraction of sp³-hybridized carbons (Fsp3) is 0.588. The van der Waals surface area contributed by atoms with Crippen LogP contribution in [0.3, 0.4) is 0 Å². The van der Waals surface area contributed by atoms with Gasteiger partial charge in [-0.05, 0) is 36.5 Å². The standard InChI is InChI=1S/C17H25FN2O/c1-12(2)17(14-4-6-15(18)7-5-14)19-16-8-10-20(11-9-16)13(3)21/h4-7,12,16-17,19H,8-11H2,1-3H3. The van der Waals surface area contributed by atoms with Gasteiger partial charge in [0.2, 0.25) is 5.91 Å². The molecule has 1 N–H and O–H groups in total. The van der Waals surface area contributed by atoms with Gasteiger partial charge in [0, 0.05) is 32.1 Å². The van der Waals surface area contributed by atoms with E-state index in [4.69, 9.17) is 0 Å². The van der Waals surface area contributed by atoms with Crippen molar-refractivity contribution in [2.24, 2.45) is 5.92 Å². The largest absolute Gasteiger partial charge is 0.343 e. The van der Waals surface area contributed by atoms with Crippen LogP contribution in [-0.2, 0) is 4.79 Å². The van der Waals surface area contributed by atoms with Crippen molar-refractivity contribution in [2.45, 2.75) is 45.7 Å². The summed E-state index contributed by atoms with van der Waals surface area (Å²) in [4.78, 5) is 13.3. The maximum Gasteiger partial charge on any atom is 0.219 e. The third-order valence-corrected chi connectivity index (χ3v) is 4.25. The van der Waals surface area contributed by atoms with E-state index >= 15 is 0 Å². The van der Waals surface area contributed by atoms with E-state index in [0.717, 1.165) is 31.5 Å². The van der Waals surface area contributed by atoms with Crippen LogP contribution >= 0.6 is 0 Å². The zero-order chi connectivity index (χ0) is 15.4. The molecule has 116 valence electrons. The van der Waals surface area contributed by atoms with E-state index in [9.17, 15) is 9.18 Å². The molecule has 0 bridgehead atoms. The van der Waals surface area contributed by atoms with Gasteiger partial charge in [0.1, 0.15) is 5.82 Å². The summed E-state index contributed by atoms with van der Waals surface area (Å²) >= 11 is 0. The van der Waals surface area contributed by atoms with Crippen LogP contribution < -0.4 is 5.32 Å². The molecule has 0 saturated carbocycles. The van der Waals surface area contributed by atoms with Gasteiger partial charge in [-0.3, -0.25) is 4.79 Å². The molecule has 1 aliphatic rings. The molecule has 0 aromatic heterocycles. The minimum absolute atomic E-state index is 0.160. The van der Waals surface area contributed by atoms with Crippen LogP contribution in [0.2, 0.25) is 0 Å². The van der Waals surface area contributed by atoms with Gasteiger partial charge < -0.3 is 10.2 Å². The van der Waals surface area contributed by atoms with Crippen LogP contribution in [0.15, 0.2) is 24.3 Å². The Morgan fingerprint density at radius 3 is 2.29 bits per heavy atom. The molecule has 2 rings (SSSR count). The molecule has 1 aliphatic heterocycles. The predicted molar refractivity (Wildman–Crippen MR) is 82.4 cm³/mol. The molecule has 1 saturated heterocycles. The molecular weight excluding hydrogens is 267 g/mol. The number of nitrogens with one attached hydrogen (secondary N) is 1. The molecule has 1 fully saturated rings. The maximum absolute atomic E-state index is 13.1. The summed E-state index contributed by atoms with van der Waals surface area (Å²) in [5.74, 6) is 0.393. The Morgan fingerprint density at radius 1 is 1.24 bits per heavy atom. The van der Waals surface area contributed by atoms with Crippen molar-refractivity contribution in [3.63, 3.8) is 0 Å². The number of nitrogens with zero attached hydrogens (tertiary/aromatic N) is 1. The number of hydrogen-bond acceptors (Lipinski definition) is 2. The van der Waals surface area contributed by atoms with Crippen molar-refractivity contribution >= 4 is 5.91 Å². The molecule has 1 aromatic carbocycles. The van der Waals surface area contributed by atoms with Gasteiger partial charge in [-0.15, -0.1) is 0 Å². The lowest BCUT2D eigenvalue weighted by molar-refractivity contribution is -0.129. The Kier molecular flexibility index (Phi) is 5.34. The number of carbonyl (C=O) groups excluding carboxylic acids is 1. The number of rotatable bonds is 4. The molecule has 0 aliphatic carbocycles. The molecule has 1 amide bonds. The Labute approximate surface area is 126 Å². The highest BCUT2D eigenvalue weighted by Crippen LogP contribution is 2.24. The van der Waals surface area contributed by atoms with Crippen LogP contribution in [0.4, 0.5) is 4.39 Å². The smallest absolute Gasteiger partial charge is 0.219 e. The van der Waals surface area contributed by atoms with Crippen molar-refractivity contribution in [3.8, 4) is 0 Å². The van der Waals surface area contributed by atoms with Crippen molar-refractivity contribution in [3.05, 3.63) is 35.6 Å².